The summed E-state index contributed by atoms with van der Waals surface area (Å²) in [7, 11) is 0. The molecule has 0 aromatic heterocycles. The lowest BCUT2D eigenvalue weighted by atomic mass is 10.1. The maximum Gasteiger partial charge on any atom is 0.265 e. The standard InChI is InChI=1S/C22H21NO3/c1-3-21(24)17-11-13-18(14-12-17)26-15(2)22(25)23-20-10-6-8-16-7-4-5-9-19(16)20/h4-15H,3H2,1-2H3,(H,23,25)/t15-/m0/s1. The molecule has 0 heterocycles. The summed E-state index contributed by atoms with van der Waals surface area (Å²) in [5, 5.41) is 4.97. The molecule has 0 fully saturated rings. The predicted molar refractivity (Wildman–Crippen MR) is 104 cm³/mol. The Hall–Kier alpha value is -3.14. The van der Waals surface area contributed by atoms with Crippen LogP contribution in [0.25, 0.3) is 10.8 Å². The molecule has 26 heavy (non-hydrogen) atoms. The Labute approximate surface area is 152 Å². The van der Waals surface area contributed by atoms with Gasteiger partial charge in [-0.25, -0.2) is 0 Å². The molecular formula is C22H21NO3. The van der Waals surface area contributed by atoms with Crippen molar-refractivity contribution in [2.45, 2.75) is 26.4 Å². The first-order chi connectivity index (χ1) is 12.6. The van der Waals surface area contributed by atoms with Crippen LogP contribution in [0.1, 0.15) is 30.6 Å². The maximum atomic E-state index is 12.5. The minimum atomic E-state index is -0.665. The van der Waals surface area contributed by atoms with Crippen molar-refractivity contribution >= 4 is 28.2 Å². The summed E-state index contributed by atoms with van der Waals surface area (Å²) in [5.74, 6) is 0.409. The number of benzene rings is 3. The Balaban J connectivity index is 1.69. The zero-order chi connectivity index (χ0) is 18.5. The molecule has 4 nitrogen and oxygen atoms in total. The molecule has 3 aromatic rings. The van der Waals surface area contributed by atoms with Crippen LogP contribution in [0.2, 0.25) is 0 Å². The first-order valence-corrected chi connectivity index (χ1v) is 8.67. The Bertz CT molecular complexity index is 926. The molecule has 3 aromatic carbocycles. The van der Waals surface area contributed by atoms with Crippen LogP contribution in [0.5, 0.6) is 5.75 Å². The fourth-order valence-electron chi connectivity index (χ4n) is 2.75. The highest BCUT2D eigenvalue weighted by atomic mass is 16.5. The van der Waals surface area contributed by atoms with E-state index in [1.807, 2.05) is 49.4 Å². The minimum Gasteiger partial charge on any atom is -0.481 e. The van der Waals surface area contributed by atoms with Crippen molar-refractivity contribution in [3.63, 3.8) is 0 Å². The molecule has 0 saturated heterocycles. The molecule has 3 rings (SSSR count). The van der Waals surface area contributed by atoms with Crippen molar-refractivity contribution < 1.29 is 14.3 Å². The van der Waals surface area contributed by atoms with Crippen LogP contribution in [0.4, 0.5) is 5.69 Å². The van der Waals surface area contributed by atoms with E-state index in [0.717, 1.165) is 16.5 Å². The molecular weight excluding hydrogens is 326 g/mol. The fraction of sp³-hybridized carbons (Fsp3) is 0.182. The van der Waals surface area contributed by atoms with Crippen molar-refractivity contribution in [1.82, 2.24) is 0 Å². The summed E-state index contributed by atoms with van der Waals surface area (Å²) < 4.78 is 5.71. The summed E-state index contributed by atoms with van der Waals surface area (Å²) in [6.07, 6.45) is -0.203. The molecule has 1 N–H and O–H groups in total. The van der Waals surface area contributed by atoms with Gasteiger partial charge in [0.2, 0.25) is 0 Å². The summed E-state index contributed by atoms with van der Waals surface area (Å²) in [6.45, 7) is 3.53. The molecule has 0 aliphatic heterocycles. The zero-order valence-electron chi connectivity index (χ0n) is 14.9. The second-order valence-electron chi connectivity index (χ2n) is 6.08. The third kappa shape index (κ3) is 3.91. The van der Waals surface area contributed by atoms with Gasteiger partial charge >= 0.3 is 0 Å². The van der Waals surface area contributed by atoms with Gasteiger partial charge in [-0.15, -0.1) is 0 Å². The van der Waals surface area contributed by atoms with E-state index < -0.39 is 6.10 Å². The van der Waals surface area contributed by atoms with Gasteiger partial charge in [0, 0.05) is 23.1 Å². The maximum absolute atomic E-state index is 12.5. The van der Waals surface area contributed by atoms with E-state index in [2.05, 4.69) is 5.32 Å². The van der Waals surface area contributed by atoms with Crippen LogP contribution in [0.3, 0.4) is 0 Å². The lowest BCUT2D eigenvalue weighted by molar-refractivity contribution is -0.122. The molecule has 1 amide bonds. The second-order valence-corrected chi connectivity index (χ2v) is 6.08. The minimum absolute atomic E-state index is 0.0818. The van der Waals surface area contributed by atoms with Crippen LogP contribution < -0.4 is 10.1 Å². The van der Waals surface area contributed by atoms with Gasteiger partial charge in [0.05, 0.1) is 0 Å². The normalized spacial score (nSPS) is 11.8. The van der Waals surface area contributed by atoms with Gasteiger partial charge in [-0.3, -0.25) is 9.59 Å². The Morgan fingerprint density at radius 1 is 0.962 bits per heavy atom. The molecule has 0 radical (unpaired) electrons. The first-order valence-electron chi connectivity index (χ1n) is 8.67. The Morgan fingerprint density at radius 3 is 2.38 bits per heavy atom. The van der Waals surface area contributed by atoms with Crippen LogP contribution in [0.15, 0.2) is 66.7 Å². The van der Waals surface area contributed by atoms with Crippen molar-refractivity contribution in [2.75, 3.05) is 5.32 Å². The number of hydrogen-bond acceptors (Lipinski definition) is 3. The lowest BCUT2D eigenvalue weighted by Crippen LogP contribution is -2.30. The van der Waals surface area contributed by atoms with Gasteiger partial charge in [0.15, 0.2) is 11.9 Å². The van der Waals surface area contributed by atoms with Crippen molar-refractivity contribution in [3.8, 4) is 5.75 Å². The number of carbonyl (C=O) groups is 2. The average molecular weight is 347 g/mol. The van der Waals surface area contributed by atoms with E-state index in [4.69, 9.17) is 4.74 Å². The lowest BCUT2D eigenvalue weighted by Gasteiger charge is -2.16. The van der Waals surface area contributed by atoms with Gasteiger partial charge in [0.1, 0.15) is 5.75 Å². The fourth-order valence-corrected chi connectivity index (χ4v) is 2.75. The molecule has 0 aliphatic rings. The number of ether oxygens (including phenoxy) is 1. The van der Waals surface area contributed by atoms with E-state index in [1.54, 1.807) is 31.2 Å². The summed E-state index contributed by atoms with van der Waals surface area (Å²) in [5.41, 5.74) is 1.40. The molecule has 0 unspecified atom stereocenters. The average Bonchev–Trinajstić information content (AvgIpc) is 2.68. The second kappa shape index (κ2) is 7.83. The van der Waals surface area contributed by atoms with Crippen LogP contribution in [0, 0.1) is 0 Å². The topological polar surface area (TPSA) is 55.4 Å². The van der Waals surface area contributed by atoms with Crippen LogP contribution >= 0.6 is 0 Å². The molecule has 1 atom stereocenters. The monoisotopic (exact) mass is 347 g/mol. The number of fused-ring (bicyclic) bond motifs is 1. The summed E-state index contributed by atoms with van der Waals surface area (Å²) in [4.78, 5) is 24.2. The third-order valence-corrected chi connectivity index (χ3v) is 4.23. The van der Waals surface area contributed by atoms with E-state index in [0.29, 0.717) is 17.7 Å². The number of Topliss-reactive ketones (excluding diaryl/α,β-unsaturated/α-hetero) is 1. The molecule has 0 saturated carbocycles. The molecule has 0 aliphatic carbocycles. The number of hydrogen-bond donors (Lipinski definition) is 1. The largest absolute Gasteiger partial charge is 0.481 e. The molecule has 4 heteroatoms. The van der Waals surface area contributed by atoms with E-state index in [-0.39, 0.29) is 11.7 Å². The summed E-state index contributed by atoms with van der Waals surface area (Å²) >= 11 is 0. The van der Waals surface area contributed by atoms with Crippen LogP contribution in [-0.2, 0) is 4.79 Å². The van der Waals surface area contributed by atoms with E-state index in [9.17, 15) is 9.59 Å². The van der Waals surface area contributed by atoms with Gasteiger partial charge in [-0.1, -0.05) is 43.3 Å². The van der Waals surface area contributed by atoms with Crippen LogP contribution in [-0.4, -0.2) is 17.8 Å². The van der Waals surface area contributed by atoms with Crippen molar-refractivity contribution in [3.05, 3.63) is 72.3 Å². The Morgan fingerprint density at radius 2 is 1.65 bits per heavy atom. The SMILES string of the molecule is CCC(=O)c1ccc(O[C@@H](C)C(=O)Nc2cccc3ccccc23)cc1. The zero-order valence-corrected chi connectivity index (χ0v) is 14.9. The van der Waals surface area contributed by atoms with Gasteiger partial charge < -0.3 is 10.1 Å². The third-order valence-electron chi connectivity index (χ3n) is 4.23. The van der Waals surface area contributed by atoms with Gasteiger partial charge in [-0.2, -0.15) is 0 Å². The van der Waals surface area contributed by atoms with Crippen molar-refractivity contribution in [2.24, 2.45) is 0 Å². The highest BCUT2D eigenvalue weighted by Gasteiger charge is 2.16. The van der Waals surface area contributed by atoms with Crippen molar-refractivity contribution in [1.29, 1.82) is 0 Å². The highest BCUT2D eigenvalue weighted by Crippen LogP contribution is 2.23. The number of nitrogens with one attached hydrogen (secondary N) is 1. The number of rotatable bonds is 6. The number of carbonyl (C=O) groups excluding carboxylic acids is 2. The van der Waals surface area contributed by atoms with E-state index in [1.165, 1.54) is 0 Å². The number of amides is 1. The van der Waals surface area contributed by atoms with Gasteiger partial charge in [-0.05, 0) is 42.6 Å². The Kier molecular flexibility index (Phi) is 5.32. The highest BCUT2D eigenvalue weighted by molar-refractivity contribution is 6.03. The van der Waals surface area contributed by atoms with Gasteiger partial charge in [0.25, 0.3) is 5.91 Å². The predicted octanol–water partition coefficient (Wildman–Crippen LogP) is 4.84. The first kappa shape index (κ1) is 17.7. The van der Waals surface area contributed by atoms with E-state index >= 15 is 0 Å². The summed E-state index contributed by atoms with van der Waals surface area (Å²) in [6, 6.07) is 20.5. The number of ketones is 1. The number of anilines is 1. The molecule has 0 bridgehead atoms. The molecule has 0 spiro atoms. The smallest absolute Gasteiger partial charge is 0.265 e. The molecule has 132 valence electrons. The quantitative estimate of drug-likeness (QED) is 0.649.